The number of aromatic amines is 1. The number of nitrogens with zero attached hydrogens (tertiary/aromatic N) is 2. The second-order valence-electron chi connectivity index (χ2n) is 5.09. The molecule has 4 nitrogen and oxygen atoms in total. The molecule has 1 aliphatic heterocycles. The van der Waals surface area contributed by atoms with Crippen LogP contribution >= 0.6 is 0 Å². The predicted octanol–water partition coefficient (Wildman–Crippen LogP) is 2.19. The van der Waals surface area contributed by atoms with Crippen LogP contribution in [0, 0.1) is 6.92 Å². The fourth-order valence-corrected chi connectivity index (χ4v) is 2.99. The summed E-state index contributed by atoms with van der Waals surface area (Å²) in [5.74, 6) is 0.612. The third-order valence-corrected chi connectivity index (χ3v) is 3.90. The molecule has 2 aromatic rings. The molecule has 0 aromatic carbocycles. The zero-order chi connectivity index (χ0) is 12.5. The van der Waals surface area contributed by atoms with Crippen LogP contribution in [0.1, 0.15) is 30.0 Å². The van der Waals surface area contributed by atoms with E-state index in [0.717, 1.165) is 18.8 Å². The summed E-state index contributed by atoms with van der Waals surface area (Å²) in [6, 6.07) is 4.14. The molecule has 0 atom stereocenters. The van der Waals surface area contributed by atoms with Gasteiger partial charge in [-0.3, -0.25) is 4.68 Å². The lowest BCUT2D eigenvalue weighted by Gasteiger charge is -2.21. The van der Waals surface area contributed by atoms with Gasteiger partial charge in [-0.1, -0.05) is 0 Å². The Labute approximate surface area is 107 Å². The number of nitrogens with one attached hydrogen (secondary N) is 2. The number of aryl methyl sites for hydroxylation is 1. The van der Waals surface area contributed by atoms with Crippen molar-refractivity contribution < 1.29 is 0 Å². The van der Waals surface area contributed by atoms with Crippen LogP contribution in [0.15, 0.2) is 18.3 Å². The molecule has 3 rings (SSSR count). The van der Waals surface area contributed by atoms with Gasteiger partial charge in [-0.2, -0.15) is 5.10 Å². The van der Waals surface area contributed by atoms with Crippen LogP contribution in [0.4, 0.5) is 0 Å². The number of piperidine rings is 1. The first kappa shape index (κ1) is 11.5. The summed E-state index contributed by atoms with van der Waals surface area (Å²) in [4.78, 5) is 3.28. The molecule has 96 valence electrons. The van der Waals surface area contributed by atoms with Crippen LogP contribution in [0.2, 0.25) is 0 Å². The first-order valence-electron chi connectivity index (χ1n) is 6.65. The summed E-state index contributed by atoms with van der Waals surface area (Å²) < 4.78 is 2.01. The molecule has 0 aliphatic carbocycles. The van der Waals surface area contributed by atoms with Gasteiger partial charge in [0, 0.05) is 19.2 Å². The van der Waals surface area contributed by atoms with Crippen molar-refractivity contribution in [1.29, 1.82) is 0 Å². The van der Waals surface area contributed by atoms with E-state index in [1.54, 1.807) is 0 Å². The number of hydrogen-bond donors (Lipinski definition) is 2. The number of hydrogen-bond acceptors (Lipinski definition) is 2. The van der Waals surface area contributed by atoms with Crippen molar-refractivity contribution in [2.75, 3.05) is 13.1 Å². The van der Waals surface area contributed by atoms with E-state index in [1.165, 1.54) is 29.8 Å². The monoisotopic (exact) mass is 244 g/mol. The summed E-state index contributed by atoms with van der Waals surface area (Å²) in [6.45, 7) is 4.41. The van der Waals surface area contributed by atoms with Crippen LogP contribution < -0.4 is 5.32 Å². The van der Waals surface area contributed by atoms with E-state index >= 15 is 0 Å². The molecule has 18 heavy (non-hydrogen) atoms. The normalized spacial score (nSPS) is 17.2. The van der Waals surface area contributed by atoms with E-state index in [4.69, 9.17) is 5.10 Å². The van der Waals surface area contributed by atoms with E-state index in [-0.39, 0.29) is 0 Å². The highest BCUT2D eigenvalue weighted by Crippen LogP contribution is 2.32. The molecule has 0 bridgehead atoms. The third-order valence-electron chi connectivity index (χ3n) is 3.90. The first-order valence-corrected chi connectivity index (χ1v) is 6.65. The van der Waals surface area contributed by atoms with Crippen LogP contribution in [0.3, 0.4) is 0 Å². The quantitative estimate of drug-likeness (QED) is 0.850. The largest absolute Gasteiger partial charge is 0.360 e. The maximum atomic E-state index is 4.76. The molecule has 0 radical (unpaired) electrons. The molecule has 1 aliphatic rings. The lowest BCUT2D eigenvalue weighted by molar-refractivity contribution is 0.449. The second-order valence-corrected chi connectivity index (χ2v) is 5.09. The molecule has 0 saturated carbocycles. The molecule has 3 heterocycles. The Morgan fingerprint density at radius 1 is 1.33 bits per heavy atom. The average Bonchev–Trinajstić information content (AvgIpc) is 2.99. The van der Waals surface area contributed by atoms with Crippen molar-refractivity contribution in [1.82, 2.24) is 20.1 Å². The highest BCUT2D eigenvalue weighted by atomic mass is 15.3. The van der Waals surface area contributed by atoms with Gasteiger partial charge in [0.15, 0.2) is 0 Å². The summed E-state index contributed by atoms with van der Waals surface area (Å²) >= 11 is 0. The maximum Gasteiger partial charge on any atom is 0.0873 e. The maximum absolute atomic E-state index is 4.76. The molecule has 1 fully saturated rings. The summed E-state index contributed by atoms with van der Waals surface area (Å²) in [5, 5.41) is 8.17. The Hall–Kier alpha value is -1.55. The topological polar surface area (TPSA) is 45.6 Å². The Balaban J connectivity index is 2.00. The molecule has 4 heteroatoms. The molecule has 0 amide bonds. The van der Waals surface area contributed by atoms with Crippen LogP contribution in [-0.2, 0) is 7.05 Å². The summed E-state index contributed by atoms with van der Waals surface area (Å²) in [5.41, 5.74) is 4.98. The van der Waals surface area contributed by atoms with E-state index < -0.39 is 0 Å². The molecule has 0 spiro atoms. The van der Waals surface area contributed by atoms with Crippen LogP contribution in [-0.4, -0.2) is 27.9 Å². The van der Waals surface area contributed by atoms with E-state index in [1.807, 2.05) is 24.0 Å². The molecule has 0 unspecified atom stereocenters. The second kappa shape index (κ2) is 4.61. The van der Waals surface area contributed by atoms with E-state index in [2.05, 4.69) is 23.3 Å². The number of aromatic nitrogens is 3. The highest BCUT2D eigenvalue weighted by molar-refractivity contribution is 5.60. The number of H-pyrrole nitrogens is 1. The van der Waals surface area contributed by atoms with Gasteiger partial charge in [-0.05, 0) is 50.6 Å². The lowest BCUT2D eigenvalue weighted by atomic mass is 9.92. The van der Waals surface area contributed by atoms with Gasteiger partial charge < -0.3 is 10.3 Å². The average molecular weight is 244 g/mol. The SMILES string of the molecule is Cc1c(C2CCNCC2)nn(C)c1-c1ccc[nH]1. The van der Waals surface area contributed by atoms with Gasteiger partial charge >= 0.3 is 0 Å². The summed E-state index contributed by atoms with van der Waals surface area (Å²) in [7, 11) is 2.04. The molecule has 2 aromatic heterocycles. The molecular weight excluding hydrogens is 224 g/mol. The minimum atomic E-state index is 0.612. The zero-order valence-electron chi connectivity index (χ0n) is 11.0. The van der Waals surface area contributed by atoms with Crippen molar-refractivity contribution >= 4 is 0 Å². The van der Waals surface area contributed by atoms with Crippen molar-refractivity contribution in [3.05, 3.63) is 29.6 Å². The minimum absolute atomic E-state index is 0.612. The third kappa shape index (κ3) is 1.86. The van der Waals surface area contributed by atoms with Crippen LogP contribution in [0.5, 0.6) is 0 Å². The van der Waals surface area contributed by atoms with Crippen LogP contribution in [0.25, 0.3) is 11.4 Å². The number of rotatable bonds is 2. The lowest BCUT2D eigenvalue weighted by Crippen LogP contribution is -2.27. The zero-order valence-corrected chi connectivity index (χ0v) is 11.0. The van der Waals surface area contributed by atoms with Gasteiger partial charge in [-0.25, -0.2) is 0 Å². The van der Waals surface area contributed by atoms with Gasteiger partial charge in [-0.15, -0.1) is 0 Å². The Morgan fingerprint density at radius 2 is 2.11 bits per heavy atom. The fraction of sp³-hybridized carbons (Fsp3) is 0.500. The Kier molecular flexibility index (Phi) is 2.96. The van der Waals surface area contributed by atoms with E-state index in [9.17, 15) is 0 Å². The fourth-order valence-electron chi connectivity index (χ4n) is 2.99. The Morgan fingerprint density at radius 3 is 2.78 bits per heavy atom. The molecule has 2 N–H and O–H groups in total. The smallest absolute Gasteiger partial charge is 0.0873 e. The predicted molar refractivity (Wildman–Crippen MR) is 72.6 cm³/mol. The van der Waals surface area contributed by atoms with Gasteiger partial charge in [0.05, 0.1) is 17.1 Å². The minimum Gasteiger partial charge on any atom is -0.360 e. The molecule has 1 saturated heterocycles. The van der Waals surface area contributed by atoms with Gasteiger partial charge in [0.2, 0.25) is 0 Å². The standard InChI is InChI=1S/C14H20N4/c1-10-13(11-5-8-15-9-6-11)17-18(2)14(10)12-4-3-7-16-12/h3-4,7,11,15-16H,5-6,8-9H2,1-2H3. The van der Waals surface area contributed by atoms with Gasteiger partial charge in [0.1, 0.15) is 0 Å². The molecular formula is C14H20N4. The van der Waals surface area contributed by atoms with Gasteiger partial charge in [0.25, 0.3) is 0 Å². The summed E-state index contributed by atoms with van der Waals surface area (Å²) in [6.07, 6.45) is 4.36. The van der Waals surface area contributed by atoms with Crippen molar-refractivity contribution in [2.24, 2.45) is 7.05 Å². The van der Waals surface area contributed by atoms with Crippen molar-refractivity contribution in [3.8, 4) is 11.4 Å². The van der Waals surface area contributed by atoms with Crippen molar-refractivity contribution in [2.45, 2.75) is 25.7 Å². The highest BCUT2D eigenvalue weighted by Gasteiger charge is 2.23. The Bertz CT molecular complexity index is 518. The van der Waals surface area contributed by atoms with E-state index in [0.29, 0.717) is 5.92 Å². The van der Waals surface area contributed by atoms with Crippen molar-refractivity contribution in [3.63, 3.8) is 0 Å². The first-order chi connectivity index (χ1) is 8.77.